The number of aromatic amines is 2. The van der Waals surface area contributed by atoms with E-state index in [4.69, 9.17) is 17.8 Å². The molecule has 0 bridgehead atoms. The van der Waals surface area contributed by atoms with Crippen molar-refractivity contribution in [3.63, 3.8) is 0 Å². The van der Waals surface area contributed by atoms with E-state index in [1.165, 1.54) is 38.5 Å². The van der Waals surface area contributed by atoms with Crippen molar-refractivity contribution in [3.8, 4) is 34.0 Å². The topological polar surface area (TPSA) is 227 Å². The molecule has 2 aromatic heterocycles. The van der Waals surface area contributed by atoms with Crippen LogP contribution >= 0.6 is 0 Å². The summed E-state index contributed by atoms with van der Waals surface area (Å²) in [5.41, 5.74) is 3.46. The molecule has 19 heteroatoms. The van der Waals surface area contributed by atoms with Gasteiger partial charge in [-0.05, 0) is 61.1 Å². The molecule has 4 heterocycles. The van der Waals surface area contributed by atoms with Gasteiger partial charge in [0, 0.05) is 24.2 Å². The number of nitrogens with one attached hydrogen (secondary N) is 4. The number of alkyl carbamates (subject to hydrolysis) is 2. The van der Waals surface area contributed by atoms with Crippen LogP contribution in [-0.4, -0.2) is 89.5 Å². The van der Waals surface area contributed by atoms with Crippen LogP contribution < -0.4 is 19.0 Å². The second-order valence-corrected chi connectivity index (χ2v) is 16.5. The Labute approximate surface area is 374 Å². The lowest BCUT2D eigenvalue weighted by molar-refractivity contribution is -0.135. The summed E-state index contributed by atoms with van der Waals surface area (Å²) in [4.78, 5) is 71.4. The number of carbonyl (C=O) groups is 4. The van der Waals surface area contributed by atoms with Gasteiger partial charge in [-0.15, -0.1) is 8.42 Å². The van der Waals surface area contributed by atoms with Crippen molar-refractivity contribution in [2.45, 2.75) is 49.9 Å². The second kappa shape index (κ2) is 19.4. The number of likely N-dealkylation sites (tertiary alicyclic amines) is 2. The molecule has 2 aliphatic rings. The quantitative estimate of drug-likeness (QED) is 0.0897. The summed E-state index contributed by atoms with van der Waals surface area (Å²) in [5, 5.41) is 5.31. The largest absolute Gasteiger partial charge is 0.500 e. The zero-order valence-electron chi connectivity index (χ0n) is 35.4. The zero-order valence-corrected chi connectivity index (χ0v) is 36.2. The fourth-order valence-corrected chi connectivity index (χ4v) is 8.88. The minimum absolute atomic E-state index is 0.0165. The Kier molecular flexibility index (Phi) is 13.1. The number of carbonyl (C=O) groups excluding carboxylic acids is 4. The summed E-state index contributed by atoms with van der Waals surface area (Å²) >= 11 is 0. The first-order valence-electron chi connectivity index (χ1n) is 20.8. The van der Waals surface area contributed by atoms with Crippen molar-refractivity contribution >= 4 is 34.4 Å². The van der Waals surface area contributed by atoms with Crippen molar-refractivity contribution < 1.29 is 45.4 Å². The highest BCUT2D eigenvalue weighted by molar-refractivity contribution is 7.82. The van der Waals surface area contributed by atoms with E-state index in [0.717, 1.165) is 12.8 Å². The van der Waals surface area contributed by atoms with Crippen molar-refractivity contribution in [3.05, 3.63) is 144 Å². The number of methoxy groups -OCH3 is 2. The molecular weight excluding hydrogens is 857 g/mol. The third kappa shape index (κ3) is 10.1. The summed E-state index contributed by atoms with van der Waals surface area (Å²) in [6, 6.07) is 27.8. The first kappa shape index (κ1) is 44.0. The molecule has 0 spiro atoms. The molecule has 4 aromatic carbocycles. The predicted molar refractivity (Wildman–Crippen MR) is 235 cm³/mol. The molecule has 0 radical (unpaired) electrons. The molecule has 18 nitrogen and oxygen atoms in total. The molecule has 4 N–H and O–H groups in total. The fraction of sp³-hybridized carbons (Fsp3) is 0.261. The van der Waals surface area contributed by atoms with Crippen LogP contribution in [0.1, 0.15) is 72.6 Å². The Morgan fingerprint density at radius 1 is 0.615 bits per heavy atom. The number of nitrogens with zero attached hydrogens (tertiary/aromatic N) is 4. The van der Waals surface area contributed by atoms with Gasteiger partial charge in [0.25, 0.3) is 11.8 Å². The van der Waals surface area contributed by atoms with Gasteiger partial charge in [-0.3, -0.25) is 9.59 Å². The third-order valence-electron chi connectivity index (χ3n) is 11.2. The Morgan fingerprint density at radius 2 is 1.03 bits per heavy atom. The van der Waals surface area contributed by atoms with Gasteiger partial charge in [0.05, 0.1) is 50.1 Å². The smallest absolute Gasteiger partial charge is 0.453 e. The van der Waals surface area contributed by atoms with Crippen molar-refractivity contribution in [2.24, 2.45) is 0 Å². The molecular formula is C46H46N8O10S. The first-order chi connectivity index (χ1) is 31.5. The van der Waals surface area contributed by atoms with Crippen LogP contribution in [0.3, 0.4) is 0 Å². The lowest BCUT2D eigenvalue weighted by atomic mass is 10.1. The van der Waals surface area contributed by atoms with Gasteiger partial charge >= 0.3 is 22.6 Å². The van der Waals surface area contributed by atoms with Gasteiger partial charge in [0.2, 0.25) is 0 Å². The number of aromatic nitrogens is 4. The number of amides is 4. The molecule has 8 rings (SSSR count). The molecule has 0 saturated carbocycles. The minimum atomic E-state index is -4.64. The van der Waals surface area contributed by atoms with Crippen LogP contribution in [0.25, 0.3) is 22.5 Å². The Hall–Kier alpha value is -7.67. The first-order valence-corrected chi connectivity index (χ1v) is 22.2. The van der Waals surface area contributed by atoms with Crippen molar-refractivity contribution in [1.29, 1.82) is 0 Å². The highest BCUT2D eigenvalue weighted by Crippen LogP contribution is 2.36. The minimum Gasteiger partial charge on any atom is -0.453 e. The van der Waals surface area contributed by atoms with Crippen LogP contribution in [0.2, 0.25) is 0 Å². The molecule has 6 aromatic rings. The molecule has 2 saturated heterocycles. The number of imidazole rings is 2. The summed E-state index contributed by atoms with van der Waals surface area (Å²) in [5.74, 6) is 0.407. The van der Waals surface area contributed by atoms with Gasteiger partial charge in [0.15, 0.2) is 0 Å². The summed E-state index contributed by atoms with van der Waals surface area (Å²) in [6.07, 6.45) is 4.43. The van der Waals surface area contributed by atoms with Gasteiger partial charge in [-0.1, -0.05) is 84.9 Å². The van der Waals surface area contributed by atoms with E-state index in [-0.39, 0.29) is 23.3 Å². The van der Waals surface area contributed by atoms with Crippen LogP contribution in [0.15, 0.2) is 122 Å². The molecule has 0 aliphatic carbocycles. The maximum absolute atomic E-state index is 13.9. The van der Waals surface area contributed by atoms with Gasteiger partial charge < -0.3 is 48.2 Å². The number of rotatable bonds is 14. The van der Waals surface area contributed by atoms with Gasteiger partial charge in [-0.2, -0.15) is 0 Å². The summed E-state index contributed by atoms with van der Waals surface area (Å²) in [7, 11) is -2.16. The zero-order chi connectivity index (χ0) is 45.5. The number of hydrogen-bond acceptors (Lipinski definition) is 12. The second-order valence-electron chi connectivity index (χ2n) is 15.3. The van der Waals surface area contributed by atoms with Crippen LogP contribution in [0.4, 0.5) is 9.59 Å². The number of benzene rings is 4. The van der Waals surface area contributed by atoms with E-state index >= 15 is 0 Å². The molecule has 0 unspecified atom stereocenters. The number of ether oxygens (including phenoxy) is 2. The predicted octanol–water partition coefficient (Wildman–Crippen LogP) is 6.69. The molecule has 2 fully saturated rings. The van der Waals surface area contributed by atoms with E-state index < -0.39 is 46.8 Å². The van der Waals surface area contributed by atoms with E-state index in [1.807, 2.05) is 12.1 Å². The van der Waals surface area contributed by atoms with Crippen LogP contribution in [-0.2, 0) is 29.5 Å². The molecule has 65 heavy (non-hydrogen) atoms. The van der Waals surface area contributed by atoms with Crippen LogP contribution in [0.5, 0.6) is 11.5 Å². The van der Waals surface area contributed by atoms with E-state index in [1.54, 1.807) is 95.0 Å². The average Bonchev–Trinajstić information content (AvgIpc) is 4.17. The summed E-state index contributed by atoms with van der Waals surface area (Å²) in [6.45, 7) is 0.907. The standard InChI is InChI=1S/C46H46N8O10S/c1-61-45(57)51-39(29-13-5-3-6-14-29)43(55)53-23-11-21-37(53)41-47-27-35(49-41)31-17-9-19-33(25-31)63-65(59,60)64-34-20-10-18-32(26-34)36-28-48-42(50-36)38-22-12-24-54(38)44(56)40(52-46(58)62-2)30-15-7-4-8-16-30/h3-10,13-20,25-28,37-40H,11-12,21-24H2,1-2H3,(H,47,49)(H,48,50)(H,51,57)(H,52,58)/t37-,38-,39-,40-/m0/s1. The molecule has 4 amide bonds. The van der Waals surface area contributed by atoms with Gasteiger partial charge in [-0.25, -0.2) is 19.6 Å². The highest BCUT2D eigenvalue weighted by Gasteiger charge is 2.38. The third-order valence-corrected chi connectivity index (χ3v) is 12.0. The van der Waals surface area contributed by atoms with Crippen molar-refractivity contribution in [2.75, 3.05) is 27.3 Å². The number of hydrogen-bond donors (Lipinski definition) is 4. The van der Waals surface area contributed by atoms with Gasteiger partial charge in [0.1, 0.15) is 35.2 Å². The lowest BCUT2D eigenvalue weighted by Crippen LogP contribution is -2.42. The van der Waals surface area contributed by atoms with E-state index in [2.05, 4.69) is 30.6 Å². The number of H-pyrrole nitrogens is 2. The lowest BCUT2D eigenvalue weighted by Gasteiger charge is -2.28. The average molecular weight is 903 g/mol. The molecule has 336 valence electrons. The maximum Gasteiger partial charge on any atom is 0.500 e. The van der Waals surface area contributed by atoms with Crippen molar-refractivity contribution in [1.82, 2.24) is 40.4 Å². The fourth-order valence-electron chi connectivity index (χ4n) is 8.17. The molecule has 2 aliphatic heterocycles. The maximum atomic E-state index is 13.9. The Bertz CT molecular complexity index is 2580. The Morgan fingerprint density at radius 3 is 1.43 bits per heavy atom. The molecule has 4 atom stereocenters. The SMILES string of the molecule is COC(=O)N[C@H](C(=O)N1CCC[C@H]1c1ncc(-c2cccc(OS(=O)(=O)Oc3cccc(-c4cnc([C@@H]5CCCN5C(=O)[C@@H](NC(=O)OC)c5ccccc5)[nH]4)c3)c2)[nH]1)c1ccccc1. The monoisotopic (exact) mass is 902 g/mol. The Balaban J connectivity index is 0.927. The van der Waals surface area contributed by atoms with E-state index in [9.17, 15) is 27.6 Å². The normalized spacial score (nSPS) is 16.9. The van der Waals surface area contributed by atoms with Crippen LogP contribution in [0, 0.1) is 0 Å². The highest BCUT2D eigenvalue weighted by atomic mass is 32.3. The van der Waals surface area contributed by atoms with E-state index in [0.29, 0.717) is 71.2 Å². The summed E-state index contributed by atoms with van der Waals surface area (Å²) < 4.78 is 46.9.